The van der Waals surface area contributed by atoms with Gasteiger partial charge in [-0.2, -0.15) is 5.10 Å². The third-order valence-electron chi connectivity index (χ3n) is 6.57. The first-order valence-electron chi connectivity index (χ1n) is 10.8. The molecule has 9 heteroatoms. The van der Waals surface area contributed by atoms with Gasteiger partial charge >= 0.3 is 0 Å². The van der Waals surface area contributed by atoms with Crippen LogP contribution in [-0.4, -0.2) is 33.9 Å². The van der Waals surface area contributed by atoms with Gasteiger partial charge in [0.15, 0.2) is 0 Å². The molecule has 2 aromatic heterocycles. The van der Waals surface area contributed by atoms with E-state index in [1.807, 2.05) is 0 Å². The molecule has 0 spiro atoms. The number of hydrogen-bond acceptors (Lipinski definition) is 4. The van der Waals surface area contributed by atoms with Gasteiger partial charge in [-0.1, -0.05) is 18.2 Å². The number of amides is 1. The molecule has 3 heterocycles. The van der Waals surface area contributed by atoms with Gasteiger partial charge in [-0.25, -0.2) is 8.78 Å². The third-order valence-corrected chi connectivity index (χ3v) is 6.57. The normalized spacial score (nSPS) is 19.1. The first-order chi connectivity index (χ1) is 15.4. The zero-order chi connectivity index (χ0) is 22.5. The number of benzene rings is 1. The number of hydrogen-bond donors (Lipinski definition) is 2. The zero-order valence-corrected chi connectivity index (χ0v) is 17.7. The molecule has 1 aromatic carbocycles. The second-order valence-electron chi connectivity index (χ2n) is 8.52. The summed E-state index contributed by atoms with van der Waals surface area (Å²) in [5.74, 6) is -3.24. The summed E-state index contributed by atoms with van der Waals surface area (Å²) < 4.78 is 35.3. The van der Waals surface area contributed by atoms with E-state index in [0.717, 1.165) is 0 Å². The van der Waals surface area contributed by atoms with Crippen molar-refractivity contribution in [2.75, 3.05) is 13.2 Å². The number of fused-ring (bicyclic) bond motifs is 2. The summed E-state index contributed by atoms with van der Waals surface area (Å²) in [6.45, 7) is 2.89. The Morgan fingerprint density at radius 1 is 1.34 bits per heavy atom. The Hall–Kier alpha value is -3.07. The van der Waals surface area contributed by atoms with Crippen LogP contribution in [0.3, 0.4) is 0 Å². The van der Waals surface area contributed by atoms with E-state index in [0.29, 0.717) is 48.1 Å². The summed E-state index contributed by atoms with van der Waals surface area (Å²) in [6.07, 6.45) is 4.49. The summed E-state index contributed by atoms with van der Waals surface area (Å²) in [7, 11) is 0. The molecule has 1 atom stereocenters. The Balaban J connectivity index is 1.48. The number of rotatable bonds is 4. The van der Waals surface area contributed by atoms with E-state index < -0.39 is 17.9 Å². The molecule has 0 saturated carbocycles. The molecule has 5 rings (SSSR count). The molecule has 1 aliphatic carbocycles. The van der Waals surface area contributed by atoms with Crippen LogP contribution in [0, 0.1) is 0 Å². The molecule has 2 N–H and O–H groups in total. The van der Waals surface area contributed by atoms with Crippen molar-refractivity contribution in [1.29, 1.82) is 0 Å². The highest BCUT2D eigenvalue weighted by atomic mass is 19.3. The van der Waals surface area contributed by atoms with Crippen LogP contribution in [0.15, 0.2) is 35.4 Å². The average molecular weight is 442 g/mol. The lowest BCUT2D eigenvalue weighted by atomic mass is 9.97. The maximum absolute atomic E-state index is 14.2. The van der Waals surface area contributed by atoms with Crippen molar-refractivity contribution < 1.29 is 18.3 Å². The summed E-state index contributed by atoms with van der Waals surface area (Å²) >= 11 is 0. The van der Waals surface area contributed by atoms with Crippen molar-refractivity contribution in [1.82, 2.24) is 20.1 Å². The van der Waals surface area contributed by atoms with E-state index in [1.54, 1.807) is 29.8 Å². The number of alkyl halides is 2. The number of H-pyrrole nitrogens is 1. The molecule has 7 nitrogen and oxygen atoms in total. The van der Waals surface area contributed by atoms with Crippen molar-refractivity contribution >= 4 is 16.8 Å². The number of pyridine rings is 1. The molecule has 0 bridgehead atoms. The minimum Gasteiger partial charge on any atom is -0.381 e. The zero-order valence-electron chi connectivity index (χ0n) is 17.7. The second kappa shape index (κ2) is 7.81. The fourth-order valence-electron chi connectivity index (χ4n) is 4.86. The van der Waals surface area contributed by atoms with Crippen molar-refractivity contribution in [3.8, 4) is 0 Å². The Bertz CT molecular complexity index is 1240. The van der Waals surface area contributed by atoms with Crippen LogP contribution in [0.25, 0.3) is 10.9 Å². The second-order valence-corrected chi connectivity index (χ2v) is 8.52. The standard InChI is InChI=1S/C23H24F2N4O3/c1-13(15-3-2-4-19-16(15)5-8-23(19,24)25)27-21(30)18-12-29(14-6-9-32-10-7-14)22(31)17-11-26-28-20(17)18/h2-4,11-14H,5-10H2,1H3,(H,26,28)(H,27,30). The number of carbonyl (C=O) groups is 1. The van der Waals surface area contributed by atoms with Gasteiger partial charge in [-0.3, -0.25) is 14.7 Å². The molecule has 0 radical (unpaired) electrons. The minimum atomic E-state index is -2.84. The highest BCUT2D eigenvalue weighted by Crippen LogP contribution is 2.43. The lowest BCUT2D eigenvalue weighted by Gasteiger charge is -2.25. The molecule has 1 aliphatic heterocycles. The van der Waals surface area contributed by atoms with E-state index in [-0.39, 0.29) is 35.6 Å². The van der Waals surface area contributed by atoms with E-state index in [1.165, 1.54) is 12.3 Å². The monoisotopic (exact) mass is 442 g/mol. The van der Waals surface area contributed by atoms with E-state index in [2.05, 4.69) is 15.5 Å². The van der Waals surface area contributed by atoms with Gasteiger partial charge in [-0.05, 0) is 37.3 Å². The van der Waals surface area contributed by atoms with Crippen LogP contribution >= 0.6 is 0 Å². The number of nitrogens with one attached hydrogen (secondary N) is 2. The first-order valence-corrected chi connectivity index (χ1v) is 10.8. The lowest BCUT2D eigenvalue weighted by molar-refractivity contribution is -0.00185. The minimum absolute atomic E-state index is 0.0406. The van der Waals surface area contributed by atoms with Crippen molar-refractivity contribution in [2.45, 2.75) is 50.6 Å². The largest absolute Gasteiger partial charge is 0.381 e. The molecule has 168 valence electrons. The highest BCUT2D eigenvalue weighted by molar-refractivity contribution is 6.05. The van der Waals surface area contributed by atoms with Crippen molar-refractivity contribution in [2.24, 2.45) is 0 Å². The number of ether oxygens (including phenoxy) is 1. The number of halogens is 2. The van der Waals surface area contributed by atoms with Crippen LogP contribution < -0.4 is 10.9 Å². The van der Waals surface area contributed by atoms with E-state index >= 15 is 0 Å². The van der Waals surface area contributed by atoms with Crippen LogP contribution in [0.1, 0.15) is 65.3 Å². The van der Waals surface area contributed by atoms with Gasteiger partial charge in [-0.15, -0.1) is 0 Å². The number of aromatic nitrogens is 3. The molecular weight excluding hydrogens is 418 g/mol. The SMILES string of the molecule is CC(NC(=O)c1cn(C2CCOCC2)c(=O)c2c[nH]nc12)c1cccc2c1CCC2(F)F. The average Bonchev–Trinajstić information content (AvgIpc) is 3.40. The van der Waals surface area contributed by atoms with Gasteiger partial charge in [0.05, 0.1) is 17.0 Å². The third kappa shape index (κ3) is 3.40. The van der Waals surface area contributed by atoms with Gasteiger partial charge in [0.25, 0.3) is 17.4 Å². The van der Waals surface area contributed by atoms with Gasteiger partial charge < -0.3 is 14.6 Å². The predicted octanol–water partition coefficient (Wildman–Crippen LogP) is 3.61. The quantitative estimate of drug-likeness (QED) is 0.646. The highest BCUT2D eigenvalue weighted by Gasteiger charge is 2.40. The number of carbonyl (C=O) groups excluding carboxylic acids is 1. The smallest absolute Gasteiger partial charge is 0.273 e. The maximum atomic E-state index is 14.2. The molecule has 32 heavy (non-hydrogen) atoms. The van der Waals surface area contributed by atoms with Crippen LogP contribution in [0.2, 0.25) is 0 Å². The fourth-order valence-corrected chi connectivity index (χ4v) is 4.86. The molecular formula is C23H24F2N4O3. The topological polar surface area (TPSA) is 89.0 Å². The Morgan fingerprint density at radius 3 is 2.91 bits per heavy atom. The summed E-state index contributed by atoms with van der Waals surface area (Å²) in [4.78, 5) is 26.2. The summed E-state index contributed by atoms with van der Waals surface area (Å²) in [5.41, 5.74) is 1.70. The number of aromatic amines is 1. The summed E-state index contributed by atoms with van der Waals surface area (Å²) in [5, 5.41) is 10.1. The number of nitrogens with zero attached hydrogens (tertiary/aromatic N) is 2. The Morgan fingerprint density at radius 2 is 2.12 bits per heavy atom. The van der Waals surface area contributed by atoms with Gasteiger partial charge in [0, 0.05) is 43.6 Å². The van der Waals surface area contributed by atoms with Gasteiger partial charge in [0.2, 0.25) is 0 Å². The van der Waals surface area contributed by atoms with Crippen LogP contribution in [0.4, 0.5) is 8.78 Å². The Labute approximate surface area is 182 Å². The van der Waals surface area contributed by atoms with Crippen LogP contribution in [-0.2, 0) is 17.1 Å². The molecule has 3 aromatic rings. The Kier molecular flexibility index (Phi) is 5.08. The fraction of sp³-hybridized carbons (Fsp3) is 0.435. The van der Waals surface area contributed by atoms with E-state index in [9.17, 15) is 18.4 Å². The lowest BCUT2D eigenvalue weighted by Crippen LogP contribution is -2.32. The summed E-state index contributed by atoms with van der Waals surface area (Å²) in [6, 6.07) is 4.30. The molecule has 1 fully saturated rings. The van der Waals surface area contributed by atoms with Crippen molar-refractivity contribution in [3.05, 3.63) is 63.2 Å². The molecule has 1 saturated heterocycles. The van der Waals surface area contributed by atoms with Crippen LogP contribution in [0.5, 0.6) is 0 Å². The maximum Gasteiger partial charge on any atom is 0.273 e. The molecule has 1 amide bonds. The van der Waals surface area contributed by atoms with Crippen molar-refractivity contribution in [3.63, 3.8) is 0 Å². The predicted molar refractivity (Wildman–Crippen MR) is 114 cm³/mol. The first kappa shape index (κ1) is 20.8. The molecule has 1 unspecified atom stereocenters. The van der Waals surface area contributed by atoms with Gasteiger partial charge in [0.1, 0.15) is 5.52 Å². The van der Waals surface area contributed by atoms with E-state index in [4.69, 9.17) is 4.74 Å². The molecule has 2 aliphatic rings.